The van der Waals surface area contributed by atoms with Crippen LogP contribution in [0.1, 0.15) is 10.6 Å². The van der Waals surface area contributed by atoms with E-state index in [1.807, 2.05) is 31.2 Å². The number of amides is 1. The van der Waals surface area contributed by atoms with Gasteiger partial charge < -0.3 is 5.32 Å². The van der Waals surface area contributed by atoms with Crippen LogP contribution in [0.4, 0.5) is 0 Å². The molecule has 3 aromatic rings. The summed E-state index contributed by atoms with van der Waals surface area (Å²) in [7, 11) is 0. The highest BCUT2D eigenvalue weighted by molar-refractivity contribution is 7.15. The van der Waals surface area contributed by atoms with Gasteiger partial charge in [0, 0.05) is 22.7 Å². The van der Waals surface area contributed by atoms with Gasteiger partial charge in [-0.2, -0.15) is 0 Å². The first-order chi connectivity index (χ1) is 12.0. The molecule has 1 aromatic carbocycles. The minimum atomic E-state index is -0.264. The van der Waals surface area contributed by atoms with Gasteiger partial charge in [0.1, 0.15) is 11.6 Å². The lowest BCUT2D eigenvalue weighted by molar-refractivity contribution is -0.121. The van der Waals surface area contributed by atoms with Crippen molar-refractivity contribution in [3.63, 3.8) is 0 Å². The second-order valence-electron chi connectivity index (χ2n) is 5.33. The van der Waals surface area contributed by atoms with Crippen LogP contribution >= 0.6 is 22.9 Å². The Morgan fingerprint density at radius 1 is 1.32 bits per heavy atom. The van der Waals surface area contributed by atoms with Gasteiger partial charge in [-0.25, -0.2) is 9.97 Å². The maximum absolute atomic E-state index is 12.0. The third-order valence-corrected chi connectivity index (χ3v) is 5.07. The normalized spacial score (nSPS) is 10.6. The topological polar surface area (TPSA) is 76.9 Å². The van der Waals surface area contributed by atoms with Crippen LogP contribution < -0.4 is 10.9 Å². The van der Waals surface area contributed by atoms with Crippen molar-refractivity contribution in [1.82, 2.24) is 19.9 Å². The minimum absolute atomic E-state index is 0.0676. The van der Waals surface area contributed by atoms with E-state index in [9.17, 15) is 9.59 Å². The molecule has 2 heterocycles. The molecule has 0 aliphatic carbocycles. The number of carbonyl (C=O) groups excluding carboxylic acids is 1. The Balaban J connectivity index is 1.68. The van der Waals surface area contributed by atoms with Crippen molar-refractivity contribution in [2.24, 2.45) is 0 Å². The van der Waals surface area contributed by atoms with Crippen molar-refractivity contribution in [2.45, 2.75) is 20.0 Å². The van der Waals surface area contributed by atoms with Crippen LogP contribution in [-0.2, 0) is 17.9 Å². The summed E-state index contributed by atoms with van der Waals surface area (Å²) in [5.74, 6) is -0.262. The van der Waals surface area contributed by atoms with E-state index in [-0.39, 0.29) is 18.0 Å². The number of benzene rings is 1. The van der Waals surface area contributed by atoms with Crippen molar-refractivity contribution < 1.29 is 4.79 Å². The second kappa shape index (κ2) is 7.58. The summed E-state index contributed by atoms with van der Waals surface area (Å²) in [5, 5.41) is 4.26. The number of carbonyl (C=O) groups is 1. The largest absolute Gasteiger partial charge is 0.350 e. The lowest BCUT2D eigenvalue weighted by Gasteiger charge is -2.05. The van der Waals surface area contributed by atoms with E-state index in [0.29, 0.717) is 11.6 Å². The number of hydrogen-bond acceptors (Lipinski definition) is 5. The Labute approximate surface area is 153 Å². The summed E-state index contributed by atoms with van der Waals surface area (Å²) in [6.45, 7) is 2.17. The fraction of sp³-hybridized carbons (Fsp3) is 0.176. The summed E-state index contributed by atoms with van der Waals surface area (Å²) in [4.78, 5) is 33.0. The zero-order valence-electron chi connectivity index (χ0n) is 13.4. The predicted octanol–water partition coefficient (Wildman–Crippen LogP) is 2.65. The number of rotatable bonds is 5. The summed E-state index contributed by atoms with van der Waals surface area (Å²) >= 11 is 7.70. The molecule has 3 rings (SSSR count). The number of hydrogen-bond donors (Lipinski definition) is 1. The number of aryl methyl sites for hydroxylation is 1. The summed E-state index contributed by atoms with van der Waals surface area (Å²) < 4.78 is 1.25. The third-order valence-electron chi connectivity index (χ3n) is 3.55. The van der Waals surface area contributed by atoms with Gasteiger partial charge in [-0.15, -0.1) is 11.3 Å². The van der Waals surface area contributed by atoms with Crippen molar-refractivity contribution in [3.8, 4) is 10.6 Å². The molecule has 1 amide bonds. The van der Waals surface area contributed by atoms with Crippen LogP contribution in [0.25, 0.3) is 10.6 Å². The Bertz CT molecular complexity index is 967. The van der Waals surface area contributed by atoms with Gasteiger partial charge >= 0.3 is 0 Å². The van der Waals surface area contributed by atoms with Crippen molar-refractivity contribution in [2.75, 3.05) is 0 Å². The van der Waals surface area contributed by atoms with Crippen LogP contribution in [0.2, 0.25) is 5.02 Å². The Morgan fingerprint density at radius 2 is 2.12 bits per heavy atom. The third kappa shape index (κ3) is 4.12. The average molecular weight is 375 g/mol. The number of nitrogens with one attached hydrogen (secondary N) is 1. The van der Waals surface area contributed by atoms with Crippen LogP contribution in [0.15, 0.2) is 47.7 Å². The summed E-state index contributed by atoms with van der Waals surface area (Å²) in [6.07, 6.45) is 2.74. The molecule has 0 fully saturated rings. The Hall–Kier alpha value is -2.51. The molecule has 0 unspecified atom stereocenters. The number of halogens is 1. The van der Waals surface area contributed by atoms with Gasteiger partial charge in [-0.3, -0.25) is 14.2 Å². The number of aromatic nitrogens is 3. The van der Waals surface area contributed by atoms with E-state index >= 15 is 0 Å². The number of thiazole rings is 1. The van der Waals surface area contributed by atoms with Gasteiger partial charge in [-0.1, -0.05) is 29.8 Å². The van der Waals surface area contributed by atoms with Gasteiger partial charge in [0.25, 0.3) is 5.56 Å². The fourth-order valence-corrected chi connectivity index (χ4v) is 3.55. The molecular formula is C17H15ClN4O2S. The van der Waals surface area contributed by atoms with Gasteiger partial charge in [0.2, 0.25) is 5.91 Å². The van der Waals surface area contributed by atoms with Gasteiger partial charge in [0.15, 0.2) is 0 Å². The quantitative estimate of drug-likeness (QED) is 0.744. The van der Waals surface area contributed by atoms with E-state index in [4.69, 9.17) is 11.6 Å². The molecule has 1 N–H and O–H groups in total. The second-order valence-corrected chi connectivity index (χ2v) is 6.82. The standard InChI is InChI=1S/C17H15ClN4O2S/c1-11-14(25-17(21-11)12-4-2-3-5-13(12)18)8-20-15(23)9-22-10-19-7-6-16(22)24/h2-7,10H,8-9H2,1H3,(H,20,23). The average Bonchev–Trinajstić information content (AvgIpc) is 2.96. The van der Waals surface area contributed by atoms with Crippen molar-refractivity contribution in [3.05, 3.63) is 68.8 Å². The van der Waals surface area contributed by atoms with Crippen molar-refractivity contribution in [1.29, 1.82) is 0 Å². The molecule has 8 heteroatoms. The van der Waals surface area contributed by atoms with E-state index in [1.54, 1.807) is 0 Å². The molecule has 0 bridgehead atoms. The first-order valence-corrected chi connectivity index (χ1v) is 8.72. The molecule has 6 nitrogen and oxygen atoms in total. The SMILES string of the molecule is Cc1nc(-c2ccccc2Cl)sc1CNC(=O)Cn1cnccc1=O. The monoisotopic (exact) mass is 374 g/mol. The molecule has 0 saturated heterocycles. The van der Waals surface area contributed by atoms with Gasteiger partial charge in [-0.05, 0) is 13.0 Å². The Morgan fingerprint density at radius 3 is 2.88 bits per heavy atom. The first kappa shape index (κ1) is 17.3. The maximum Gasteiger partial charge on any atom is 0.253 e. The summed E-state index contributed by atoms with van der Waals surface area (Å²) in [6, 6.07) is 8.83. The molecule has 0 radical (unpaired) electrons. The molecule has 0 aliphatic heterocycles. The van der Waals surface area contributed by atoms with Gasteiger partial charge in [0.05, 0.1) is 23.6 Å². The summed E-state index contributed by atoms with van der Waals surface area (Å²) in [5.41, 5.74) is 1.45. The zero-order valence-corrected chi connectivity index (χ0v) is 15.0. The van der Waals surface area contributed by atoms with E-state index in [1.165, 1.54) is 34.5 Å². The first-order valence-electron chi connectivity index (χ1n) is 7.53. The minimum Gasteiger partial charge on any atom is -0.350 e. The van der Waals surface area contributed by atoms with Crippen LogP contribution in [0.3, 0.4) is 0 Å². The molecular weight excluding hydrogens is 360 g/mol. The molecule has 25 heavy (non-hydrogen) atoms. The van der Waals surface area contributed by atoms with E-state index in [2.05, 4.69) is 15.3 Å². The lowest BCUT2D eigenvalue weighted by atomic mass is 10.2. The highest BCUT2D eigenvalue weighted by atomic mass is 35.5. The van der Waals surface area contributed by atoms with Crippen LogP contribution in [0, 0.1) is 6.92 Å². The molecule has 128 valence electrons. The highest BCUT2D eigenvalue weighted by Gasteiger charge is 2.13. The van der Waals surface area contributed by atoms with Crippen LogP contribution in [0.5, 0.6) is 0 Å². The van der Waals surface area contributed by atoms with E-state index in [0.717, 1.165) is 21.1 Å². The van der Waals surface area contributed by atoms with Crippen molar-refractivity contribution >= 4 is 28.8 Å². The Kier molecular flexibility index (Phi) is 5.25. The number of nitrogens with zero attached hydrogens (tertiary/aromatic N) is 3. The smallest absolute Gasteiger partial charge is 0.253 e. The fourth-order valence-electron chi connectivity index (χ4n) is 2.23. The molecule has 0 atom stereocenters. The maximum atomic E-state index is 12.0. The molecule has 0 saturated carbocycles. The van der Waals surface area contributed by atoms with E-state index < -0.39 is 0 Å². The molecule has 0 spiro atoms. The zero-order chi connectivity index (χ0) is 17.8. The lowest BCUT2D eigenvalue weighted by Crippen LogP contribution is -2.31. The molecule has 0 aliphatic rings. The molecule has 2 aromatic heterocycles. The predicted molar refractivity (Wildman–Crippen MR) is 97.6 cm³/mol. The van der Waals surface area contributed by atoms with Crippen LogP contribution in [-0.4, -0.2) is 20.4 Å². The highest BCUT2D eigenvalue weighted by Crippen LogP contribution is 2.32.